The zero-order valence-corrected chi connectivity index (χ0v) is 11.1. The summed E-state index contributed by atoms with van der Waals surface area (Å²) in [6.45, 7) is 0.0240. The van der Waals surface area contributed by atoms with Crippen LogP contribution in [0.3, 0.4) is 0 Å². The van der Waals surface area contributed by atoms with Crippen molar-refractivity contribution < 1.29 is 17.6 Å². The molecule has 100 valence electrons. The lowest BCUT2D eigenvalue weighted by Gasteiger charge is -2.21. The number of pyridine rings is 1. The number of rotatable bonds is 4. The zero-order valence-electron chi connectivity index (χ0n) is 9.51. The molecule has 1 aliphatic carbocycles. The van der Waals surface area contributed by atoms with Crippen LogP contribution in [0, 0.1) is 5.92 Å². The third-order valence-corrected chi connectivity index (χ3v) is 3.36. The molecule has 0 bridgehead atoms. The Bertz CT molecular complexity index is 453. The standard InChI is InChI=1S/C11H11BrF4N2/c1-18(5-6-4-11(6,15)16)10-7(9(13)14)2-3-8(12)17-10/h2-3,6,9H,4-5H2,1H3. The molecule has 1 aromatic heterocycles. The molecule has 0 spiro atoms. The van der Waals surface area contributed by atoms with E-state index in [1.807, 2.05) is 0 Å². The fraction of sp³-hybridized carbons (Fsp3) is 0.545. The highest BCUT2D eigenvalue weighted by Crippen LogP contribution is 2.49. The molecule has 1 aromatic rings. The molecule has 18 heavy (non-hydrogen) atoms. The van der Waals surface area contributed by atoms with Gasteiger partial charge in [0.2, 0.25) is 0 Å². The fourth-order valence-corrected chi connectivity index (χ4v) is 2.10. The molecule has 1 fully saturated rings. The van der Waals surface area contributed by atoms with E-state index in [9.17, 15) is 17.6 Å². The van der Waals surface area contributed by atoms with Crippen molar-refractivity contribution in [3.63, 3.8) is 0 Å². The van der Waals surface area contributed by atoms with Gasteiger partial charge >= 0.3 is 0 Å². The quantitative estimate of drug-likeness (QED) is 0.616. The van der Waals surface area contributed by atoms with Crippen LogP contribution in [0.2, 0.25) is 0 Å². The van der Waals surface area contributed by atoms with Gasteiger partial charge in [0.05, 0.1) is 5.56 Å². The first-order valence-corrected chi connectivity index (χ1v) is 6.14. The molecule has 7 heteroatoms. The molecule has 0 amide bonds. The number of hydrogen-bond acceptors (Lipinski definition) is 2. The Labute approximate surface area is 110 Å². The SMILES string of the molecule is CN(CC1CC1(F)F)c1nc(Br)ccc1C(F)F. The number of anilines is 1. The predicted octanol–water partition coefficient (Wildman–Crippen LogP) is 3.87. The third-order valence-electron chi connectivity index (χ3n) is 2.92. The molecule has 2 nitrogen and oxygen atoms in total. The van der Waals surface area contributed by atoms with Crippen molar-refractivity contribution >= 4 is 21.7 Å². The van der Waals surface area contributed by atoms with Crippen molar-refractivity contribution in [1.29, 1.82) is 0 Å². The second-order valence-corrected chi connectivity index (χ2v) is 5.20. The van der Waals surface area contributed by atoms with E-state index in [0.29, 0.717) is 4.60 Å². The molecule has 1 saturated carbocycles. The van der Waals surface area contributed by atoms with Gasteiger partial charge < -0.3 is 4.90 Å². The van der Waals surface area contributed by atoms with Gasteiger partial charge in [-0.1, -0.05) is 0 Å². The van der Waals surface area contributed by atoms with Gasteiger partial charge in [-0.3, -0.25) is 0 Å². The summed E-state index contributed by atoms with van der Waals surface area (Å²) in [5, 5.41) is 0. The Morgan fingerprint density at radius 2 is 2.11 bits per heavy atom. The highest BCUT2D eigenvalue weighted by molar-refractivity contribution is 9.10. The minimum atomic E-state index is -2.68. The van der Waals surface area contributed by atoms with Gasteiger partial charge in [-0.15, -0.1) is 0 Å². The summed E-state index contributed by atoms with van der Waals surface area (Å²) in [5.74, 6) is -3.39. The maximum Gasteiger partial charge on any atom is 0.267 e. The van der Waals surface area contributed by atoms with Crippen molar-refractivity contribution in [2.45, 2.75) is 18.8 Å². The van der Waals surface area contributed by atoms with Gasteiger partial charge in [-0.05, 0) is 28.1 Å². The Morgan fingerprint density at radius 1 is 1.50 bits per heavy atom. The van der Waals surface area contributed by atoms with Crippen molar-refractivity contribution in [3.05, 3.63) is 22.3 Å². The van der Waals surface area contributed by atoms with Gasteiger partial charge in [0, 0.05) is 25.9 Å². The van der Waals surface area contributed by atoms with Gasteiger partial charge in [-0.2, -0.15) is 0 Å². The van der Waals surface area contributed by atoms with Gasteiger partial charge in [0.25, 0.3) is 12.3 Å². The van der Waals surface area contributed by atoms with Crippen LogP contribution >= 0.6 is 15.9 Å². The van der Waals surface area contributed by atoms with Crippen LogP contribution in [0.5, 0.6) is 0 Å². The number of alkyl halides is 4. The lowest BCUT2D eigenvalue weighted by atomic mass is 10.2. The average molecular weight is 327 g/mol. The van der Waals surface area contributed by atoms with Gasteiger partial charge in [0.15, 0.2) is 0 Å². The Morgan fingerprint density at radius 3 is 2.61 bits per heavy atom. The minimum Gasteiger partial charge on any atom is -0.359 e. The monoisotopic (exact) mass is 326 g/mol. The number of nitrogens with zero attached hydrogens (tertiary/aromatic N) is 2. The first-order chi connectivity index (χ1) is 8.31. The molecule has 0 aliphatic heterocycles. The van der Waals surface area contributed by atoms with Crippen molar-refractivity contribution in [3.8, 4) is 0 Å². The van der Waals surface area contributed by atoms with Crippen LogP contribution in [0.15, 0.2) is 16.7 Å². The minimum absolute atomic E-state index is 0.0240. The molecule has 0 N–H and O–H groups in total. The highest BCUT2D eigenvalue weighted by Gasteiger charge is 2.57. The van der Waals surface area contributed by atoms with Crippen LogP contribution in [0.4, 0.5) is 23.4 Å². The summed E-state index contributed by atoms with van der Waals surface area (Å²) in [6.07, 6.45) is -2.86. The first-order valence-electron chi connectivity index (χ1n) is 5.35. The smallest absolute Gasteiger partial charge is 0.267 e. The maximum atomic E-state index is 12.8. The lowest BCUT2D eigenvalue weighted by Crippen LogP contribution is -2.24. The van der Waals surface area contributed by atoms with E-state index in [2.05, 4.69) is 20.9 Å². The summed E-state index contributed by atoms with van der Waals surface area (Å²) in [7, 11) is 1.50. The largest absolute Gasteiger partial charge is 0.359 e. The molecule has 1 unspecified atom stereocenters. The number of hydrogen-bond donors (Lipinski definition) is 0. The highest BCUT2D eigenvalue weighted by atomic mass is 79.9. The lowest BCUT2D eigenvalue weighted by molar-refractivity contribution is 0.100. The second kappa shape index (κ2) is 4.68. The number of aromatic nitrogens is 1. The molecule has 2 rings (SSSR count). The summed E-state index contributed by atoms with van der Waals surface area (Å²) < 4.78 is 51.6. The van der Waals surface area contributed by atoms with Crippen LogP contribution < -0.4 is 4.90 Å². The summed E-state index contributed by atoms with van der Waals surface area (Å²) in [4.78, 5) is 5.30. The van der Waals surface area contributed by atoms with Crippen LogP contribution in [0.1, 0.15) is 18.4 Å². The van der Waals surface area contributed by atoms with E-state index >= 15 is 0 Å². The van der Waals surface area contributed by atoms with E-state index < -0.39 is 18.3 Å². The predicted molar refractivity (Wildman–Crippen MR) is 63.2 cm³/mol. The second-order valence-electron chi connectivity index (χ2n) is 4.39. The zero-order chi connectivity index (χ0) is 13.5. The molecule has 1 aliphatic rings. The van der Waals surface area contributed by atoms with Crippen LogP contribution in [-0.4, -0.2) is 24.5 Å². The Hall–Kier alpha value is -0.850. The Balaban J connectivity index is 2.18. The molecular formula is C11H11BrF4N2. The van der Waals surface area contributed by atoms with Crippen molar-refractivity contribution in [1.82, 2.24) is 4.98 Å². The summed E-state index contributed by atoms with van der Waals surface area (Å²) in [5.41, 5.74) is -0.246. The molecule has 1 heterocycles. The maximum absolute atomic E-state index is 12.8. The van der Waals surface area contributed by atoms with E-state index in [0.717, 1.165) is 0 Å². The van der Waals surface area contributed by atoms with Crippen LogP contribution in [0.25, 0.3) is 0 Å². The van der Waals surface area contributed by atoms with Gasteiger partial charge in [0.1, 0.15) is 10.4 Å². The van der Waals surface area contributed by atoms with Gasteiger partial charge in [-0.25, -0.2) is 22.5 Å². The molecule has 1 atom stereocenters. The average Bonchev–Trinajstić information content (AvgIpc) is 2.85. The summed E-state index contributed by atoms with van der Waals surface area (Å²) in [6, 6.07) is 2.66. The first kappa shape index (κ1) is 13.6. The van der Waals surface area contributed by atoms with E-state index in [1.54, 1.807) is 0 Å². The Kier molecular flexibility index (Phi) is 3.53. The molecule has 0 radical (unpaired) electrons. The molecular weight excluding hydrogens is 316 g/mol. The van der Waals surface area contributed by atoms with Crippen LogP contribution in [-0.2, 0) is 0 Å². The molecule has 0 saturated heterocycles. The van der Waals surface area contributed by atoms with E-state index in [-0.39, 0.29) is 24.3 Å². The van der Waals surface area contributed by atoms with E-state index in [4.69, 9.17) is 0 Å². The number of halogens is 5. The third kappa shape index (κ3) is 2.76. The normalized spacial score (nSPS) is 21.2. The van der Waals surface area contributed by atoms with Crippen molar-refractivity contribution in [2.24, 2.45) is 5.92 Å². The van der Waals surface area contributed by atoms with E-state index in [1.165, 1.54) is 24.1 Å². The summed E-state index contributed by atoms with van der Waals surface area (Å²) >= 11 is 3.09. The van der Waals surface area contributed by atoms with Crippen molar-refractivity contribution in [2.75, 3.05) is 18.5 Å². The topological polar surface area (TPSA) is 16.1 Å². The fourth-order valence-electron chi connectivity index (χ4n) is 1.80. The molecule has 0 aromatic carbocycles.